The number of nitrogens with zero attached hydrogens (tertiary/aromatic N) is 4. The summed E-state index contributed by atoms with van der Waals surface area (Å²) in [7, 11) is 2.52. The van der Waals surface area contributed by atoms with Crippen LogP contribution in [0.2, 0.25) is 5.02 Å². The second-order valence-corrected chi connectivity index (χ2v) is 9.83. The molecular weight excluding hydrogens is 418 g/mol. The minimum absolute atomic E-state index is 0.0439. The smallest absolute Gasteiger partial charge is 0.319 e. The lowest BCUT2D eigenvalue weighted by atomic mass is 10.2. The first kappa shape index (κ1) is 23.4. The molecule has 0 saturated carbocycles. The summed E-state index contributed by atoms with van der Waals surface area (Å²) in [5.41, 5.74) is 0.355. The summed E-state index contributed by atoms with van der Waals surface area (Å²) in [5, 5.41) is 2.85. The van der Waals surface area contributed by atoms with Crippen molar-refractivity contribution in [1.82, 2.24) is 19.0 Å². The van der Waals surface area contributed by atoms with Gasteiger partial charge in [0, 0.05) is 60.1 Å². The number of benzene rings is 1. The van der Waals surface area contributed by atoms with Gasteiger partial charge in [0.05, 0.1) is 11.1 Å². The Morgan fingerprint density at radius 2 is 1.69 bits per heavy atom. The molecule has 29 heavy (non-hydrogen) atoms. The Bertz CT molecular complexity index is 867. The second kappa shape index (κ2) is 9.29. The highest BCUT2D eigenvalue weighted by Gasteiger charge is 2.28. The third kappa shape index (κ3) is 5.39. The van der Waals surface area contributed by atoms with Gasteiger partial charge in [0.1, 0.15) is 4.90 Å². The number of amides is 3. The van der Waals surface area contributed by atoms with Crippen molar-refractivity contribution in [1.29, 1.82) is 0 Å². The van der Waals surface area contributed by atoms with Crippen molar-refractivity contribution in [2.24, 2.45) is 0 Å². The summed E-state index contributed by atoms with van der Waals surface area (Å²) >= 11 is 6.04. The Hall–Kier alpha value is -1.88. The fraction of sp³-hybridized carbons (Fsp3) is 0.556. The van der Waals surface area contributed by atoms with Gasteiger partial charge in [-0.25, -0.2) is 17.5 Å². The van der Waals surface area contributed by atoms with Crippen molar-refractivity contribution in [3.05, 3.63) is 23.2 Å². The Morgan fingerprint density at radius 1 is 1.10 bits per heavy atom. The van der Waals surface area contributed by atoms with Gasteiger partial charge in [-0.05, 0) is 25.1 Å². The summed E-state index contributed by atoms with van der Waals surface area (Å²) in [6.07, 6.45) is 0. The van der Waals surface area contributed by atoms with E-state index in [4.69, 9.17) is 11.6 Å². The fourth-order valence-electron chi connectivity index (χ4n) is 2.97. The maximum atomic E-state index is 12.7. The number of rotatable bonds is 5. The first-order chi connectivity index (χ1) is 13.4. The molecule has 0 spiro atoms. The lowest BCUT2D eigenvalue weighted by Gasteiger charge is -2.38. The number of carbonyl (C=O) groups is 2. The zero-order chi connectivity index (χ0) is 21.9. The van der Waals surface area contributed by atoms with E-state index in [1.165, 1.54) is 31.1 Å². The van der Waals surface area contributed by atoms with E-state index < -0.39 is 16.1 Å². The Kier molecular flexibility index (Phi) is 7.50. The number of hydrogen-bond acceptors (Lipinski definition) is 5. The van der Waals surface area contributed by atoms with Gasteiger partial charge in [-0.1, -0.05) is 11.6 Å². The minimum atomic E-state index is -3.73. The molecule has 2 rings (SSSR count). The minimum Gasteiger partial charge on any atom is -0.331 e. The van der Waals surface area contributed by atoms with Crippen LogP contribution in [-0.4, -0.2) is 99.8 Å². The number of anilines is 1. The van der Waals surface area contributed by atoms with Crippen LogP contribution in [0, 0.1) is 0 Å². The molecule has 162 valence electrons. The molecule has 0 aromatic heterocycles. The molecule has 1 atom stereocenters. The van der Waals surface area contributed by atoms with E-state index in [0.717, 1.165) is 4.31 Å². The lowest BCUT2D eigenvalue weighted by Crippen LogP contribution is -2.55. The van der Waals surface area contributed by atoms with Crippen molar-refractivity contribution in [2.75, 3.05) is 59.7 Å². The van der Waals surface area contributed by atoms with Gasteiger partial charge in [0.15, 0.2) is 0 Å². The molecule has 1 fully saturated rings. The molecule has 1 aliphatic rings. The molecule has 1 aromatic rings. The molecule has 9 nitrogen and oxygen atoms in total. The third-order valence-electron chi connectivity index (χ3n) is 4.85. The molecule has 0 radical (unpaired) electrons. The highest BCUT2D eigenvalue weighted by molar-refractivity contribution is 7.89. The Morgan fingerprint density at radius 3 is 2.21 bits per heavy atom. The van der Waals surface area contributed by atoms with Crippen LogP contribution in [0.4, 0.5) is 10.5 Å². The van der Waals surface area contributed by atoms with Gasteiger partial charge in [-0.3, -0.25) is 9.69 Å². The quantitative estimate of drug-likeness (QED) is 0.735. The van der Waals surface area contributed by atoms with Crippen LogP contribution in [0.3, 0.4) is 0 Å². The molecule has 0 aliphatic carbocycles. The number of urea groups is 1. The van der Waals surface area contributed by atoms with Gasteiger partial charge in [0.25, 0.3) is 0 Å². The van der Waals surface area contributed by atoms with E-state index in [2.05, 4.69) is 5.32 Å². The van der Waals surface area contributed by atoms with Gasteiger partial charge in [-0.15, -0.1) is 0 Å². The number of piperazine rings is 1. The molecule has 1 N–H and O–H groups in total. The van der Waals surface area contributed by atoms with Crippen molar-refractivity contribution < 1.29 is 18.0 Å². The lowest BCUT2D eigenvalue weighted by molar-refractivity contribution is -0.121. The van der Waals surface area contributed by atoms with Crippen LogP contribution in [0.25, 0.3) is 0 Å². The van der Waals surface area contributed by atoms with Crippen molar-refractivity contribution in [3.63, 3.8) is 0 Å². The fourth-order valence-corrected chi connectivity index (χ4v) is 4.37. The average Bonchev–Trinajstić information content (AvgIpc) is 2.67. The summed E-state index contributed by atoms with van der Waals surface area (Å²) in [6.45, 7) is 4.03. The predicted octanol–water partition coefficient (Wildman–Crippen LogP) is 1.22. The van der Waals surface area contributed by atoms with E-state index in [9.17, 15) is 18.0 Å². The zero-order valence-electron chi connectivity index (χ0n) is 17.3. The topological polar surface area (TPSA) is 93.3 Å². The van der Waals surface area contributed by atoms with Gasteiger partial charge in [0.2, 0.25) is 15.9 Å². The summed E-state index contributed by atoms with van der Waals surface area (Å²) in [6, 6.07) is 3.89. The average molecular weight is 446 g/mol. The third-order valence-corrected chi connectivity index (χ3v) is 7.15. The standard InChI is InChI=1S/C18H28ClN5O4S/c1-13(23-8-10-24(11-9-23)18(26)21(2)3)17(25)20-14-6-7-15(19)16(12-14)29(27,28)22(4)5/h6-7,12-13H,8-11H2,1-5H3,(H,20,25). The summed E-state index contributed by atoms with van der Waals surface area (Å²) < 4.78 is 25.8. The first-order valence-corrected chi connectivity index (χ1v) is 11.0. The summed E-state index contributed by atoms with van der Waals surface area (Å²) in [4.78, 5) is 29.9. The molecule has 11 heteroatoms. The normalized spacial score (nSPS) is 16.6. The number of carbonyl (C=O) groups excluding carboxylic acids is 2. The number of hydrogen-bond donors (Lipinski definition) is 1. The number of sulfonamides is 1. The largest absolute Gasteiger partial charge is 0.331 e. The van der Waals surface area contributed by atoms with Crippen LogP contribution >= 0.6 is 11.6 Å². The SMILES string of the molecule is CC(C(=O)Nc1ccc(Cl)c(S(=O)(=O)N(C)C)c1)N1CCN(C(=O)N(C)C)CC1. The highest BCUT2D eigenvalue weighted by Crippen LogP contribution is 2.27. The van der Waals surface area contributed by atoms with Crippen LogP contribution in [0.5, 0.6) is 0 Å². The number of nitrogens with one attached hydrogen (secondary N) is 1. The second-order valence-electron chi connectivity index (χ2n) is 7.30. The zero-order valence-corrected chi connectivity index (χ0v) is 18.9. The van der Waals surface area contributed by atoms with Crippen LogP contribution in [0.1, 0.15) is 6.92 Å². The Labute approximate surface area is 177 Å². The van der Waals surface area contributed by atoms with Gasteiger partial charge in [-0.2, -0.15) is 0 Å². The van der Waals surface area contributed by atoms with Crippen LogP contribution < -0.4 is 5.32 Å². The molecular formula is C18H28ClN5O4S. The molecule has 1 unspecified atom stereocenters. The van der Waals surface area contributed by atoms with E-state index >= 15 is 0 Å². The monoisotopic (exact) mass is 445 g/mol. The predicted molar refractivity (Wildman–Crippen MR) is 113 cm³/mol. The number of halogens is 1. The van der Waals surface area contributed by atoms with E-state index in [1.54, 1.807) is 32.0 Å². The Balaban J connectivity index is 2.05. The molecule has 1 aromatic carbocycles. The molecule has 0 bridgehead atoms. The van der Waals surface area contributed by atoms with Crippen LogP contribution in [0.15, 0.2) is 23.1 Å². The van der Waals surface area contributed by atoms with Gasteiger partial charge >= 0.3 is 6.03 Å². The van der Waals surface area contributed by atoms with Crippen molar-refractivity contribution in [3.8, 4) is 0 Å². The molecule has 1 heterocycles. The van der Waals surface area contributed by atoms with Gasteiger partial charge < -0.3 is 15.1 Å². The van der Waals surface area contributed by atoms with E-state index in [-0.39, 0.29) is 21.9 Å². The maximum Gasteiger partial charge on any atom is 0.319 e. The first-order valence-electron chi connectivity index (χ1n) is 9.18. The highest BCUT2D eigenvalue weighted by atomic mass is 35.5. The summed E-state index contributed by atoms with van der Waals surface area (Å²) in [5.74, 6) is -0.257. The van der Waals surface area contributed by atoms with Crippen LogP contribution in [-0.2, 0) is 14.8 Å². The molecule has 1 aliphatic heterocycles. The maximum absolute atomic E-state index is 12.7. The van der Waals surface area contributed by atoms with Crippen molar-refractivity contribution in [2.45, 2.75) is 17.9 Å². The van der Waals surface area contributed by atoms with E-state index in [1.807, 2.05) is 4.90 Å². The van der Waals surface area contributed by atoms with Crippen molar-refractivity contribution >= 4 is 39.2 Å². The molecule has 1 saturated heterocycles. The molecule has 3 amide bonds. The van der Waals surface area contributed by atoms with E-state index in [0.29, 0.717) is 31.9 Å².